The third kappa shape index (κ3) is 4.77. The lowest BCUT2D eigenvalue weighted by Crippen LogP contribution is -1.85. The van der Waals surface area contributed by atoms with E-state index in [-0.39, 0.29) is 0 Å². The molecule has 0 radical (unpaired) electrons. The minimum absolute atomic E-state index is 1.09. The maximum Gasteiger partial charge on any atom is 0.382 e. The van der Waals surface area contributed by atoms with Gasteiger partial charge in [0.1, 0.15) is 0 Å². The topological polar surface area (TPSA) is 37.3 Å². The first-order valence-electron chi connectivity index (χ1n) is 2.13. The predicted molar refractivity (Wildman–Crippen MR) is 30.2 cm³/mol. The van der Waals surface area contributed by atoms with Crippen LogP contribution in [0.2, 0.25) is 0 Å². The number of hydrogen-bond donors (Lipinski definition) is 1. The zero-order valence-corrected chi connectivity index (χ0v) is 4.51. The number of rotatable bonds is 0. The number of carbonyl (C=O) groups is 1. The lowest BCUT2D eigenvalue weighted by atomic mass is 10.5. The molecule has 0 unspecified atom stereocenters. The number of allylic oxidation sites excluding steroid dienone is 2. The van der Waals surface area contributed by atoms with E-state index in [0.717, 1.165) is 0 Å². The quantitative estimate of drug-likeness (QED) is 0.465. The molecule has 0 spiro atoms. The molecule has 0 atom stereocenters. The van der Waals surface area contributed by atoms with E-state index in [1.54, 1.807) is 13.0 Å². The zero-order valence-electron chi connectivity index (χ0n) is 4.51. The monoisotopic (exact) mass is 110 g/mol. The van der Waals surface area contributed by atoms with Crippen molar-refractivity contribution in [3.8, 4) is 11.8 Å². The van der Waals surface area contributed by atoms with Crippen LogP contribution in [0, 0.1) is 11.8 Å². The van der Waals surface area contributed by atoms with Gasteiger partial charge >= 0.3 is 5.97 Å². The summed E-state index contributed by atoms with van der Waals surface area (Å²) in [6.45, 7) is 1.77. The number of carboxylic acid groups (broad SMARTS) is 1. The number of aliphatic carboxylic acids is 1. The summed E-state index contributed by atoms with van der Waals surface area (Å²) in [6, 6.07) is 0. The molecule has 0 aromatic rings. The fraction of sp³-hybridized carbons (Fsp3) is 0.167. The number of carboxylic acids is 1. The van der Waals surface area contributed by atoms with Crippen molar-refractivity contribution in [2.75, 3.05) is 0 Å². The van der Waals surface area contributed by atoms with E-state index in [2.05, 4.69) is 5.92 Å². The van der Waals surface area contributed by atoms with Crippen molar-refractivity contribution in [2.24, 2.45) is 0 Å². The van der Waals surface area contributed by atoms with E-state index >= 15 is 0 Å². The second-order valence-electron chi connectivity index (χ2n) is 1.07. The maximum atomic E-state index is 9.67. The Morgan fingerprint density at radius 1 is 1.75 bits per heavy atom. The van der Waals surface area contributed by atoms with Crippen LogP contribution in [0.4, 0.5) is 0 Å². The molecular weight excluding hydrogens is 104 g/mol. The summed E-state index contributed by atoms with van der Waals surface area (Å²) >= 11 is 0. The van der Waals surface area contributed by atoms with Crippen molar-refractivity contribution < 1.29 is 9.90 Å². The van der Waals surface area contributed by atoms with Gasteiger partial charge in [-0.2, -0.15) is 0 Å². The van der Waals surface area contributed by atoms with Crippen molar-refractivity contribution in [1.82, 2.24) is 0 Å². The average molecular weight is 110 g/mol. The van der Waals surface area contributed by atoms with Crippen molar-refractivity contribution in [3.63, 3.8) is 0 Å². The van der Waals surface area contributed by atoms with Crippen LogP contribution in [-0.4, -0.2) is 11.1 Å². The normalized spacial score (nSPS) is 8.12. The van der Waals surface area contributed by atoms with Crippen LogP contribution in [0.5, 0.6) is 0 Å². The Labute approximate surface area is 47.8 Å². The molecule has 0 aromatic heterocycles. The van der Waals surface area contributed by atoms with Crippen molar-refractivity contribution in [1.29, 1.82) is 0 Å². The molecular formula is C6H6O2. The molecule has 0 fully saturated rings. The molecule has 0 aromatic carbocycles. The summed E-state index contributed by atoms with van der Waals surface area (Å²) in [5.41, 5.74) is 0. The largest absolute Gasteiger partial charge is 0.472 e. The summed E-state index contributed by atoms with van der Waals surface area (Å²) in [5, 5.41) is 7.93. The zero-order chi connectivity index (χ0) is 6.41. The molecule has 8 heavy (non-hydrogen) atoms. The van der Waals surface area contributed by atoms with Gasteiger partial charge in [0.15, 0.2) is 0 Å². The van der Waals surface area contributed by atoms with Gasteiger partial charge in [0.05, 0.1) is 0 Å². The highest BCUT2D eigenvalue weighted by Gasteiger charge is 1.77. The van der Waals surface area contributed by atoms with Gasteiger partial charge in [-0.3, -0.25) is 0 Å². The van der Waals surface area contributed by atoms with Crippen LogP contribution < -0.4 is 0 Å². The summed E-state index contributed by atoms with van der Waals surface area (Å²) in [5.74, 6) is 3.14. The van der Waals surface area contributed by atoms with Crippen molar-refractivity contribution >= 4 is 5.97 Å². The van der Waals surface area contributed by atoms with E-state index < -0.39 is 5.97 Å². The second kappa shape index (κ2) is 3.94. The Hall–Kier alpha value is -1.23. The molecule has 0 aliphatic heterocycles. The summed E-state index contributed by atoms with van der Waals surface area (Å²) in [7, 11) is 0. The molecule has 0 bridgehead atoms. The summed E-state index contributed by atoms with van der Waals surface area (Å²) in [4.78, 5) is 9.67. The van der Waals surface area contributed by atoms with Gasteiger partial charge in [0, 0.05) is 5.92 Å². The molecule has 0 aliphatic carbocycles. The molecule has 42 valence electrons. The van der Waals surface area contributed by atoms with Gasteiger partial charge in [-0.15, -0.1) is 0 Å². The molecule has 1 N–H and O–H groups in total. The van der Waals surface area contributed by atoms with Gasteiger partial charge in [-0.05, 0) is 13.0 Å². The minimum Gasteiger partial charge on any atom is -0.472 e. The first kappa shape index (κ1) is 6.77. The second-order valence-corrected chi connectivity index (χ2v) is 1.07. The molecule has 0 saturated carbocycles. The average Bonchev–Trinajstić information content (AvgIpc) is 1.66. The van der Waals surface area contributed by atoms with Gasteiger partial charge in [-0.25, -0.2) is 4.79 Å². The molecule has 2 heteroatoms. The van der Waals surface area contributed by atoms with E-state index in [0.29, 0.717) is 0 Å². The molecule has 0 aliphatic rings. The molecule has 0 heterocycles. The number of hydrogen-bond acceptors (Lipinski definition) is 1. The van der Waals surface area contributed by atoms with E-state index in [1.165, 1.54) is 6.08 Å². The van der Waals surface area contributed by atoms with Gasteiger partial charge in [0.25, 0.3) is 0 Å². The predicted octanol–water partition coefficient (Wildman–Crippen LogP) is 0.650. The highest BCUT2D eigenvalue weighted by Crippen LogP contribution is 1.64. The van der Waals surface area contributed by atoms with Gasteiger partial charge in [-0.1, -0.05) is 12.0 Å². The first-order valence-corrected chi connectivity index (χ1v) is 2.13. The van der Waals surface area contributed by atoms with E-state index in [4.69, 9.17) is 5.11 Å². The van der Waals surface area contributed by atoms with Gasteiger partial charge in [0.2, 0.25) is 0 Å². The smallest absolute Gasteiger partial charge is 0.382 e. The van der Waals surface area contributed by atoms with Crippen LogP contribution in [0.3, 0.4) is 0 Å². The van der Waals surface area contributed by atoms with Crippen LogP contribution in [-0.2, 0) is 4.79 Å². The SMILES string of the molecule is CC=CC#CC(=O)O. The van der Waals surface area contributed by atoms with Crippen molar-refractivity contribution in [2.45, 2.75) is 6.92 Å². The Kier molecular flexibility index (Phi) is 3.34. The Bertz CT molecular complexity index is 157. The molecule has 0 amide bonds. The molecule has 2 nitrogen and oxygen atoms in total. The summed E-state index contributed by atoms with van der Waals surface area (Å²) < 4.78 is 0. The lowest BCUT2D eigenvalue weighted by molar-refractivity contribution is -0.130. The fourth-order valence-electron chi connectivity index (χ4n) is 0.187. The van der Waals surface area contributed by atoms with Crippen LogP contribution in [0.15, 0.2) is 12.2 Å². The highest BCUT2D eigenvalue weighted by atomic mass is 16.4. The Morgan fingerprint density at radius 2 is 2.38 bits per heavy atom. The van der Waals surface area contributed by atoms with E-state index in [9.17, 15) is 4.79 Å². The van der Waals surface area contributed by atoms with Crippen LogP contribution in [0.1, 0.15) is 6.92 Å². The standard InChI is InChI=1S/C6H6O2/c1-2-3-4-5-6(7)8/h2-3H,1H3,(H,7,8). The Morgan fingerprint density at radius 3 is 2.75 bits per heavy atom. The lowest BCUT2D eigenvalue weighted by Gasteiger charge is -1.65. The summed E-state index contributed by atoms with van der Waals surface area (Å²) in [6.07, 6.45) is 3.16. The van der Waals surface area contributed by atoms with E-state index in [1.807, 2.05) is 5.92 Å². The third-order valence-corrected chi connectivity index (χ3v) is 0.429. The molecule has 0 saturated heterocycles. The highest BCUT2D eigenvalue weighted by molar-refractivity contribution is 5.86. The van der Waals surface area contributed by atoms with Crippen molar-refractivity contribution in [3.05, 3.63) is 12.2 Å². The molecule has 0 rings (SSSR count). The van der Waals surface area contributed by atoms with Gasteiger partial charge < -0.3 is 5.11 Å². The Balaban J connectivity index is 3.68. The van der Waals surface area contributed by atoms with Crippen LogP contribution >= 0.6 is 0 Å². The first-order chi connectivity index (χ1) is 3.77. The maximum absolute atomic E-state index is 9.67. The van der Waals surface area contributed by atoms with Crippen LogP contribution in [0.25, 0.3) is 0 Å². The minimum atomic E-state index is -1.09. The third-order valence-electron chi connectivity index (χ3n) is 0.429. The fourth-order valence-corrected chi connectivity index (χ4v) is 0.187.